The summed E-state index contributed by atoms with van der Waals surface area (Å²) in [5.74, 6) is 1.48. The van der Waals surface area contributed by atoms with Crippen molar-refractivity contribution >= 4 is 11.7 Å². The Labute approximate surface area is 184 Å². The first-order valence-electron chi connectivity index (χ1n) is 10.6. The Balaban J connectivity index is 1.57. The van der Waals surface area contributed by atoms with Gasteiger partial charge in [0.2, 0.25) is 0 Å². The first-order chi connectivity index (χ1) is 15.2. The molecule has 162 valence electrons. The van der Waals surface area contributed by atoms with Gasteiger partial charge in [0.05, 0.1) is 25.7 Å². The fraction of sp³-hybridized carbons (Fsp3) is 0.269. The van der Waals surface area contributed by atoms with Crippen LogP contribution in [0.1, 0.15) is 18.9 Å². The van der Waals surface area contributed by atoms with Gasteiger partial charge in [-0.3, -0.25) is 4.79 Å². The lowest BCUT2D eigenvalue weighted by Crippen LogP contribution is -2.29. The van der Waals surface area contributed by atoms with Crippen LogP contribution in [-0.2, 0) is 16.0 Å². The molecule has 0 radical (unpaired) electrons. The third-order valence-electron chi connectivity index (χ3n) is 4.65. The normalized spacial score (nSPS) is 11.4. The molecule has 5 nitrogen and oxygen atoms in total. The molecule has 0 amide bonds. The van der Waals surface area contributed by atoms with Crippen molar-refractivity contribution in [2.45, 2.75) is 25.8 Å². The number of carbonyl (C=O) groups is 1. The molecule has 0 aliphatic heterocycles. The van der Waals surface area contributed by atoms with Gasteiger partial charge in [-0.05, 0) is 48.9 Å². The van der Waals surface area contributed by atoms with Crippen molar-refractivity contribution in [3.63, 3.8) is 0 Å². The molecule has 0 saturated carbocycles. The van der Waals surface area contributed by atoms with Gasteiger partial charge in [0, 0.05) is 12.1 Å². The summed E-state index contributed by atoms with van der Waals surface area (Å²) in [5, 5.41) is 3.52. The van der Waals surface area contributed by atoms with Crippen LogP contribution >= 0.6 is 0 Å². The zero-order valence-corrected chi connectivity index (χ0v) is 17.8. The standard InChI is InChI=1S/C26H29NO4/c1-2-29-26(28)19-21-13-15-22(16-14-21)27-23(20-31-25-11-7-4-8-12-25)17-18-30-24-9-5-3-6-10-24/h3-16,23,27H,2,17-20H2,1H3. The van der Waals surface area contributed by atoms with Gasteiger partial charge in [0.25, 0.3) is 0 Å². The van der Waals surface area contributed by atoms with Crippen LogP contribution in [0.3, 0.4) is 0 Å². The second-order valence-electron chi connectivity index (χ2n) is 7.09. The van der Waals surface area contributed by atoms with E-state index < -0.39 is 0 Å². The average Bonchev–Trinajstić information content (AvgIpc) is 2.80. The summed E-state index contributed by atoms with van der Waals surface area (Å²) in [7, 11) is 0. The van der Waals surface area contributed by atoms with Gasteiger partial charge in [0.15, 0.2) is 0 Å². The highest BCUT2D eigenvalue weighted by molar-refractivity contribution is 5.72. The molecule has 0 aromatic heterocycles. The van der Waals surface area contributed by atoms with Crippen molar-refractivity contribution in [1.82, 2.24) is 0 Å². The molecular weight excluding hydrogens is 390 g/mol. The molecule has 1 atom stereocenters. The molecule has 1 unspecified atom stereocenters. The number of hydrogen-bond acceptors (Lipinski definition) is 5. The number of rotatable bonds is 12. The highest BCUT2D eigenvalue weighted by Crippen LogP contribution is 2.16. The molecule has 0 spiro atoms. The second-order valence-corrected chi connectivity index (χ2v) is 7.09. The molecule has 0 heterocycles. The van der Waals surface area contributed by atoms with Gasteiger partial charge >= 0.3 is 5.97 Å². The number of hydrogen-bond donors (Lipinski definition) is 1. The molecule has 0 fully saturated rings. The van der Waals surface area contributed by atoms with Gasteiger partial charge in [-0.15, -0.1) is 0 Å². The van der Waals surface area contributed by atoms with E-state index in [1.54, 1.807) is 0 Å². The van der Waals surface area contributed by atoms with Crippen LogP contribution in [0.5, 0.6) is 11.5 Å². The zero-order valence-electron chi connectivity index (χ0n) is 17.8. The Kier molecular flexibility index (Phi) is 8.80. The van der Waals surface area contributed by atoms with Gasteiger partial charge in [-0.1, -0.05) is 48.5 Å². The molecule has 0 aliphatic rings. The summed E-state index contributed by atoms with van der Waals surface area (Å²) >= 11 is 0. The van der Waals surface area contributed by atoms with Crippen molar-refractivity contribution in [3.05, 3.63) is 90.5 Å². The Morgan fingerprint density at radius 3 is 2.06 bits per heavy atom. The van der Waals surface area contributed by atoms with Crippen LogP contribution in [0.2, 0.25) is 0 Å². The molecule has 0 bridgehead atoms. The van der Waals surface area contributed by atoms with E-state index in [-0.39, 0.29) is 18.4 Å². The summed E-state index contributed by atoms with van der Waals surface area (Å²) < 4.78 is 16.8. The zero-order chi connectivity index (χ0) is 21.7. The first kappa shape index (κ1) is 22.2. The number of para-hydroxylation sites is 2. The van der Waals surface area contributed by atoms with E-state index in [2.05, 4.69) is 5.32 Å². The van der Waals surface area contributed by atoms with Crippen LogP contribution in [-0.4, -0.2) is 31.8 Å². The summed E-state index contributed by atoms with van der Waals surface area (Å²) in [6.07, 6.45) is 1.05. The summed E-state index contributed by atoms with van der Waals surface area (Å²) in [6, 6.07) is 27.4. The molecule has 0 saturated heterocycles. The number of benzene rings is 3. The smallest absolute Gasteiger partial charge is 0.310 e. The largest absolute Gasteiger partial charge is 0.494 e. The Morgan fingerprint density at radius 1 is 0.839 bits per heavy atom. The van der Waals surface area contributed by atoms with E-state index in [1.165, 1.54) is 0 Å². The molecule has 5 heteroatoms. The monoisotopic (exact) mass is 419 g/mol. The van der Waals surface area contributed by atoms with Crippen molar-refractivity contribution in [2.75, 3.05) is 25.1 Å². The van der Waals surface area contributed by atoms with E-state index in [1.807, 2.05) is 91.9 Å². The number of esters is 1. The summed E-state index contributed by atoms with van der Waals surface area (Å²) in [4.78, 5) is 11.7. The molecule has 0 aliphatic carbocycles. The van der Waals surface area contributed by atoms with Gasteiger partial charge in [0.1, 0.15) is 18.1 Å². The first-order valence-corrected chi connectivity index (χ1v) is 10.6. The predicted molar refractivity (Wildman–Crippen MR) is 123 cm³/mol. The van der Waals surface area contributed by atoms with E-state index in [0.29, 0.717) is 19.8 Å². The highest BCUT2D eigenvalue weighted by Gasteiger charge is 2.11. The van der Waals surface area contributed by atoms with E-state index >= 15 is 0 Å². The van der Waals surface area contributed by atoms with Crippen LogP contribution < -0.4 is 14.8 Å². The van der Waals surface area contributed by atoms with Crippen LogP contribution in [0, 0.1) is 0 Å². The van der Waals surface area contributed by atoms with Crippen LogP contribution in [0.4, 0.5) is 5.69 Å². The van der Waals surface area contributed by atoms with Gasteiger partial charge < -0.3 is 19.5 Å². The van der Waals surface area contributed by atoms with Crippen molar-refractivity contribution in [1.29, 1.82) is 0 Å². The number of anilines is 1. The quantitative estimate of drug-likeness (QED) is 0.413. The SMILES string of the molecule is CCOC(=O)Cc1ccc(NC(CCOc2ccccc2)COc2ccccc2)cc1. The topological polar surface area (TPSA) is 56.8 Å². The van der Waals surface area contributed by atoms with Crippen LogP contribution in [0.25, 0.3) is 0 Å². The fourth-order valence-corrected chi connectivity index (χ4v) is 3.08. The van der Waals surface area contributed by atoms with Gasteiger partial charge in [-0.25, -0.2) is 0 Å². The minimum Gasteiger partial charge on any atom is -0.494 e. The predicted octanol–water partition coefficient (Wildman–Crippen LogP) is 5.12. The molecule has 3 aromatic rings. The van der Waals surface area contributed by atoms with E-state index in [9.17, 15) is 4.79 Å². The minimum absolute atomic E-state index is 0.0554. The van der Waals surface area contributed by atoms with Crippen molar-refractivity contribution in [2.24, 2.45) is 0 Å². The Hall–Kier alpha value is -3.47. The molecule has 3 rings (SSSR count). The third-order valence-corrected chi connectivity index (χ3v) is 4.65. The Bertz CT molecular complexity index is 898. The molecule has 31 heavy (non-hydrogen) atoms. The molecular formula is C26H29NO4. The van der Waals surface area contributed by atoms with E-state index in [4.69, 9.17) is 14.2 Å². The molecule has 1 N–H and O–H groups in total. The summed E-state index contributed by atoms with van der Waals surface area (Å²) in [6.45, 7) is 3.28. The third kappa shape index (κ3) is 8.05. The fourth-order valence-electron chi connectivity index (χ4n) is 3.08. The van der Waals surface area contributed by atoms with E-state index in [0.717, 1.165) is 29.2 Å². The average molecular weight is 420 g/mol. The maximum atomic E-state index is 11.7. The maximum absolute atomic E-state index is 11.7. The molecule has 3 aromatic carbocycles. The van der Waals surface area contributed by atoms with Gasteiger partial charge in [-0.2, -0.15) is 0 Å². The lowest BCUT2D eigenvalue weighted by Gasteiger charge is -2.21. The second kappa shape index (κ2) is 12.3. The Morgan fingerprint density at radius 2 is 1.45 bits per heavy atom. The van der Waals surface area contributed by atoms with Crippen LogP contribution in [0.15, 0.2) is 84.9 Å². The lowest BCUT2D eigenvalue weighted by atomic mass is 10.1. The van der Waals surface area contributed by atoms with Crippen molar-refractivity contribution < 1.29 is 19.0 Å². The maximum Gasteiger partial charge on any atom is 0.310 e. The number of ether oxygens (including phenoxy) is 3. The number of carbonyl (C=O) groups excluding carboxylic acids is 1. The van der Waals surface area contributed by atoms with Crippen molar-refractivity contribution in [3.8, 4) is 11.5 Å². The minimum atomic E-state index is -0.213. The highest BCUT2D eigenvalue weighted by atomic mass is 16.5. The lowest BCUT2D eigenvalue weighted by molar-refractivity contribution is -0.142. The summed E-state index contributed by atoms with van der Waals surface area (Å²) in [5.41, 5.74) is 1.89. The number of nitrogens with one attached hydrogen (secondary N) is 1.